The number of nitriles is 1. The highest BCUT2D eigenvalue weighted by molar-refractivity contribution is 7.09. The van der Waals surface area contributed by atoms with E-state index in [1.54, 1.807) is 18.0 Å². The molecular weight excluding hydrogens is 268 g/mol. The van der Waals surface area contributed by atoms with Gasteiger partial charge >= 0.3 is 0 Å². The molecule has 19 heavy (non-hydrogen) atoms. The van der Waals surface area contributed by atoms with Crippen LogP contribution in [0.2, 0.25) is 0 Å². The molecule has 1 aromatic carbocycles. The Bertz CT molecular complexity index is 646. The van der Waals surface area contributed by atoms with Crippen LogP contribution in [0, 0.1) is 29.9 Å². The Morgan fingerprint density at radius 3 is 2.68 bits per heavy atom. The van der Waals surface area contributed by atoms with Crippen molar-refractivity contribution in [3.05, 3.63) is 45.4 Å². The van der Waals surface area contributed by atoms with E-state index in [1.165, 1.54) is 23.5 Å². The molecule has 0 bridgehead atoms. The summed E-state index contributed by atoms with van der Waals surface area (Å²) in [4.78, 5) is 5.83. The summed E-state index contributed by atoms with van der Waals surface area (Å²) in [7, 11) is 1.65. The van der Waals surface area contributed by atoms with Gasteiger partial charge in [-0.1, -0.05) is 0 Å². The molecule has 0 amide bonds. The molecule has 0 radical (unpaired) electrons. The molecule has 0 aliphatic carbocycles. The molecule has 1 aromatic heterocycles. The number of benzene rings is 1. The Balaban J connectivity index is 2.27. The van der Waals surface area contributed by atoms with Crippen LogP contribution in [-0.2, 0) is 6.54 Å². The van der Waals surface area contributed by atoms with Crippen LogP contribution < -0.4 is 4.90 Å². The zero-order valence-electron chi connectivity index (χ0n) is 10.4. The lowest BCUT2D eigenvalue weighted by atomic mass is 10.2. The largest absolute Gasteiger partial charge is 0.366 e. The van der Waals surface area contributed by atoms with Gasteiger partial charge < -0.3 is 4.90 Å². The summed E-state index contributed by atoms with van der Waals surface area (Å²) in [6.07, 6.45) is 0. The van der Waals surface area contributed by atoms with Gasteiger partial charge in [-0.2, -0.15) is 5.26 Å². The topological polar surface area (TPSA) is 39.9 Å². The van der Waals surface area contributed by atoms with Gasteiger partial charge in [0.05, 0.1) is 28.5 Å². The van der Waals surface area contributed by atoms with Crippen molar-refractivity contribution < 1.29 is 8.78 Å². The van der Waals surface area contributed by atoms with Crippen molar-refractivity contribution in [3.63, 3.8) is 0 Å². The second-order valence-electron chi connectivity index (χ2n) is 4.09. The first kappa shape index (κ1) is 13.4. The lowest BCUT2D eigenvalue weighted by molar-refractivity contribution is 0.505. The summed E-state index contributed by atoms with van der Waals surface area (Å²) in [6.45, 7) is 2.27. The van der Waals surface area contributed by atoms with Gasteiger partial charge in [-0.05, 0) is 19.1 Å². The van der Waals surface area contributed by atoms with Gasteiger partial charge in [0.2, 0.25) is 0 Å². The predicted octanol–water partition coefficient (Wildman–Crippen LogP) is 3.24. The smallest absolute Gasteiger partial charge is 0.183 e. The molecule has 1 heterocycles. The highest BCUT2D eigenvalue weighted by Gasteiger charge is 2.16. The zero-order valence-corrected chi connectivity index (χ0v) is 11.3. The number of thiazole rings is 1. The van der Waals surface area contributed by atoms with E-state index in [2.05, 4.69) is 4.98 Å². The number of anilines is 1. The number of aryl methyl sites for hydroxylation is 1. The first-order valence-electron chi connectivity index (χ1n) is 5.53. The molecule has 2 rings (SSSR count). The molecule has 0 N–H and O–H groups in total. The Morgan fingerprint density at radius 2 is 2.11 bits per heavy atom. The summed E-state index contributed by atoms with van der Waals surface area (Å²) in [6, 6.07) is 4.28. The highest BCUT2D eigenvalue weighted by atomic mass is 32.1. The van der Waals surface area contributed by atoms with Gasteiger partial charge in [-0.25, -0.2) is 13.8 Å². The summed E-state index contributed by atoms with van der Waals surface area (Å²) in [5, 5.41) is 11.4. The van der Waals surface area contributed by atoms with E-state index >= 15 is 0 Å². The van der Waals surface area contributed by atoms with Crippen LogP contribution in [0.4, 0.5) is 14.5 Å². The zero-order chi connectivity index (χ0) is 14.0. The van der Waals surface area contributed by atoms with E-state index in [9.17, 15) is 8.78 Å². The quantitative estimate of drug-likeness (QED) is 0.866. The lowest BCUT2D eigenvalue weighted by Crippen LogP contribution is -2.18. The monoisotopic (exact) mass is 279 g/mol. The van der Waals surface area contributed by atoms with Crippen molar-refractivity contribution >= 4 is 17.0 Å². The second kappa shape index (κ2) is 5.33. The van der Waals surface area contributed by atoms with Crippen LogP contribution in [-0.4, -0.2) is 12.0 Å². The number of hydrogen-bond donors (Lipinski definition) is 0. The minimum atomic E-state index is -1.11. The van der Waals surface area contributed by atoms with Crippen LogP contribution in [0.3, 0.4) is 0 Å². The SMILES string of the molecule is Cc1nc(CN(C)c2ccc(C#N)c(F)c2F)cs1. The number of nitrogens with zero attached hydrogens (tertiary/aromatic N) is 3. The number of hydrogen-bond acceptors (Lipinski definition) is 4. The van der Waals surface area contributed by atoms with E-state index in [-0.39, 0.29) is 11.3 Å². The molecule has 0 spiro atoms. The van der Waals surface area contributed by atoms with Crippen LogP contribution >= 0.6 is 11.3 Å². The first-order valence-corrected chi connectivity index (χ1v) is 6.41. The Hall–Kier alpha value is -2.00. The fraction of sp³-hybridized carbons (Fsp3) is 0.231. The van der Waals surface area contributed by atoms with E-state index in [4.69, 9.17) is 5.26 Å². The standard InChI is InChI=1S/C13H11F2N3S/c1-8-17-10(7-19-8)6-18(2)11-4-3-9(5-16)12(14)13(11)15/h3-4,7H,6H2,1-2H3. The van der Waals surface area contributed by atoms with Gasteiger partial charge in [0.15, 0.2) is 11.6 Å². The van der Waals surface area contributed by atoms with Crippen molar-refractivity contribution in [1.82, 2.24) is 4.98 Å². The van der Waals surface area contributed by atoms with Gasteiger partial charge in [0, 0.05) is 12.4 Å². The lowest BCUT2D eigenvalue weighted by Gasteiger charge is -2.19. The number of halogens is 2. The summed E-state index contributed by atoms with van der Waals surface area (Å²) in [5.41, 5.74) is 0.621. The summed E-state index contributed by atoms with van der Waals surface area (Å²) in [5.74, 6) is -2.12. The predicted molar refractivity (Wildman–Crippen MR) is 70.0 cm³/mol. The van der Waals surface area contributed by atoms with E-state index in [0.717, 1.165) is 10.7 Å². The molecule has 0 saturated heterocycles. The van der Waals surface area contributed by atoms with Crippen molar-refractivity contribution in [2.45, 2.75) is 13.5 Å². The maximum absolute atomic E-state index is 13.8. The fourth-order valence-electron chi connectivity index (χ4n) is 1.73. The van der Waals surface area contributed by atoms with Crippen molar-refractivity contribution in [1.29, 1.82) is 5.26 Å². The minimum absolute atomic E-state index is 0.113. The molecular formula is C13H11F2N3S. The van der Waals surface area contributed by atoms with Gasteiger partial charge in [-0.15, -0.1) is 11.3 Å². The maximum Gasteiger partial charge on any atom is 0.183 e. The number of rotatable bonds is 3. The van der Waals surface area contributed by atoms with Crippen LogP contribution in [0.1, 0.15) is 16.3 Å². The van der Waals surface area contributed by atoms with Crippen LogP contribution in [0.25, 0.3) is 0 Å². The van der Waals surface area contributed by atoms with E-state index in [0.29, 0.717) is 6.54 Å². The van der Waals surface area contributed by atoms with Crippen LogP contribution in [0.5, 0.6) is 0 Å². The Labute approximate surface area is 113 Å². The molecule has 3 nitrogen and oxygen atoms in total. The van der Waals surface area contributed by atoms with E-state index < -0.39 is 11.6 Å². The van der Waals surface area contributed by atoms with Gasteiger partial charge in [0.25, 0.3) is 0 Å². The second-order valence-corrected chi connectivity index (χ2v) is 5.15. The maximum atomic E-state index is 13.8. The van der Waals surface area contributed by atoms with Gasteiger partial charge in [-0.3, -0.25) is 0 Å². The average Bonchev–Trinajstić information content (AvgIpc) is 2.78. The van der Waals surface area contributed by atoms with Crippen molar-refractivity contribution in [3.8, 4) is 6.07 Å². The highest BCUT2D eigenvalue weighted by Crippen LogP contribution is 2.24. The molecule has 2 aromatic rings. The third-order valence-electron chi connectivity index (χ3n) is 2.66. The fourth-order valence-corrected chi connectivity index (χ4v) is 2.33. The van der Waals surface area contributed by atoms with Crippen molar-refractivity contribution in [2.24, 2.45) is 0 Å². The molecule has 98 valence electrons. The van der Waals surface area contributed by atoms with Crippen molar-refractivity contribution in [2.75, 3.05) is 11.9 Å². The normalized spacial score (nSPS) is 10.3. The molecule has 6 heteroatoms. The Morgan fingerprint density at radius 1 is 1.37 bits per heavy atom. The third-order valence-corrected chi connectivity index (χ3v) is 3.48. The summed E-state index contributed by atoms with van der Waals surface area (Å²) < 4.78 is 27.3. The first-order chi connectivity index (χ1) is 9.02. The van der Waals surface area contributed by atoms with Gasteiger partial charge in [0.1, 0.15) is 6.07 Å². The molecule has 0 aliphatic rings. The Kier molecular flexibility index (Phi) is 3.76. The minimum Gasteiger partial charge on any atom is -0.366 e. The van der Waals surface area contributed by atoms with Crippen LogP contribution in [0.15, 0.2) is 17.5 Å². The molecule has 0 saturated carbocycles. The average molecular weight is 279 g/mol. The molecule has 0 atom stereocenters. The summed E-state index contributed by atoms with van der Waals surface area (Å²) >= 11 is 1.51. The molecule has 0 unspecified atom stereocenters. The third kappa shape index (κ3) is 2.71. The molecule has 0 fully saturated rings. The van der Waals surface area contributed by atoms with E-state index in [1.807, 2.05) is 12.3 Å². The number of aromatic nitrogens is 1. The molecule has 0 aliphatic heterocycles.